The van der Waals surface area contributed by atoms with Crippen molar-refractivity contribution < 1.29 is 14.3 Å². The van der Waals surface area contributed by atoms with E-state index < -0.39 is 0 Å². The summed E-state index contributed by atoms with van der Waals surface area (Å²) in [5.74, 6) is 0.583. The van der Waals surface area contributed by atoms with E-state index >= 15 is 0 Å². The van der Waals surface area contributed by atoms with Crippen LogP contribution < -0.4 is 4.74 Å². The van der Waals surface area contributed by atoms with Gasteiger partial charge in [-0.2, -0.15) is 0 Å². The molecule has 0 bridgehead atoms. The minimum atomic E-state index is 0.583. The minimum Gasteiger partial charge on any atom is -0.388 e. The van der Waals surface area contributed by atoms with Gasteiger partial charge in [-0.15, -0.1) is 5.26 Å². The van der Waals surface area contributed by atoms with Gasteiger partial charge in [0.05, 0.1) is 0 Å². The average molecular weight is 446 g/mol. The van der Waals surface area contributed by atoms with Crippen LogP contribution in [0.4, 0.5) is 0 Å². The van der Waals surface area contributed by atoms with Crippen LogP contribution in [-0.4, -0.2) is 26.3 Å². The molecule has 0 unspecified atom stereocenters. The number of aliphatic imine (C=N–C) groups is 2. The second-order valence-electron chi connectivity index (χ2n) is 5.99. The molecule has 0 fully saturated rings. The molecule has 172 valence electrons. The van der Waals surface area contributed by atoms with Crippen LogP contribution in [0.15, 0.2) is 101 Å². The normalized spacial score (nSPS) is 7.61. The summed E-state index contributed by atoms with van der Waals surface area (Å²) in [5, 5.41) is 8.05. The predicted molar refractivity (Wildman–Crippen MR) is 132 cm³/mol. The number of ether oxygens (including phenoxy) is 1. The quantitative estimate of drug-likeness (QED) is 0.275. The first kappa shape index (κ1) is 30.9. The zero-order valence-corrected chi connectivity index (χ0v) is 19.6. The molecular formula is C27H31N3O3. The van der Waals surface area contributed by atoms with Crippen molar-refractivity contribution >= 4 is 12.2 Å². The Morgan fingerprint density at radius 1 is 0.697 bits per heavy atom. The summed E-state index contributed by atoms with van der Waals surface area (Å²) < 4.78 is 4.51. The van der Waals surface area contributed by atoms with Crippen molar-refractivity contribution in [1.29, 1.82) is 5.26 Å². The fraction of sp³-hybridized carbons (Fsp3) is 0.222. The van der Waals surface area contributed by atoms with Crippen LogP contribution in [0.3, 0.4) is 0 Å². The van der Waals surface area contributed by atoms with E-state index in [1.165, 1.54) is 43.8 Å². The van der Waals surface area contributed by atoms with Crippen LogP contribution in [0, 0.1) is 11.5 Å². The molecule has 0 aliphatic heterocycles. The number of hydrogen-bond acceptors (Lipinski definition) is 6. The van der Waals surface area contributed by atoms with E-state index in [2.05, 4.69) is 89.2 Å². The van der Waals surface area contributed by atoms with Gasteiger partial charge in [0.25, 0.3) is 6.26 Å². The standard InChI is InChI=1S/C13H12.C7H5NO.C3H8.2C2H3NO/c1-3-7-12(8-4-1)11-13-9-5-2-6-10-13;8-6-9-7-4-2-1-3-5-7;1-3-2;2*1-3-2-4/h1-10H,11H2;1-5H;3H2,1-2H3;2*1H3. The van der Waals surface area contributed by atoms with Gasteiger partial charge in [-0.1, -0.05) is 99.1 Å². The van der Waals surface area contributed by atoms with E-state index in [4.69, 9.17) is 14.9 Å². The first-order chi connectivity index (χ1) is 16.1. The fourth-order valence-electron chi connectivity index (χ4n) is 1.97. The van der Waals surface area contributed by atoms with E-state index in [9.17, 15) is 0 Å². The van der Waals surface area contributed by atoms with Crippen LogP contribution >= 0.6 is 0 Å². The molecule has 3 aromatic rings. The third-order valence-corrected chi connectivity index (χ3v) is 3.18. The first-order valence-electron chi connectivity index (χ1n) is 10.2. The van der Waals surface area contributed by atoms with Gasteiger partial charge in [0.2, 0.25) is 12.2 Å². The summed E-state index contributed by atoms with van der Waals surface area (Å²) in [5.41, 5.74) is 2.74. The van der Waals surface area contributed by atoms with Crippen LogP contribution in [0.2, 0.25) is 0 Å². The number of benzene rings is 3. The summed E-state index contributed by atoms with van der Waals surface area (Å²) in [7, 11) is 2.76. The fourth-order valence-corrected chi connectivity index (χ4v) is 1.97. The van der Waals surface area contributed by atoms with Crippen molar-refractivity contribution in [2.45, 2.75) is 26.7 Å². The van der Waals surface area contributed by atoms with Crippen molar-refractivity contribution in [2.75, 3.05) is 14.1 Å². The number of carbonyl (C=O) groups excluding carboxylic acids is 2. The van der Waals surface area contributed by atoms with Crippen molar-refractivity contribution in [3.8, 4) is 12.0 Å². The molecule has 6 heteroatoms. The lowest BCUT2D eigenvalue weighted by atomic mass is 10.1. The van der Waals surface area contributed by atoms with E-state index in [1.807, 2.05) is 18.2 Å². The summed E-state index contributed by atoms with van der Waals surface area (Å²) >= 11 is 0. The van der Waals surface area contributed by atoms with Crippen molar-refractivity contribution in [3.63, 3.8) is 0 Å². The van der Waals surface area contributed by atoms with Crippen molar-refractivity contribution in [1.82, 2.24) is 0 Å². The van der Waals surface area contributed by atoms with Crippen molar-refractivity contribution in [2.24, 2.45) is 9.98 Å². The smallest absolute Gasteiger partial charge is 0.292 e. The number of nitrogens with zero attached hydrogens (tertiary/aromatic N) is 3. The lowest BCUT2D eigenvalue weighted by molar-refractivity contribution is 0.507. The molecule has 0 radical (unpaired) electrons. The molecule has 0 aliphatic rings. The molecule has 0 spiro atoms. The van der Waals surface area contributed by atoms with Crippen LogP contribution in [0.1, 0.15) is 31.4 Å². The monoisotopic (exact) mass is 445 g/mol. The zero-order valence-electron chi connectivity index (χ0n) is 19.6. The molecular weight excluding hydrogens is 414 g/mol. The van der Waals surface area contributed by atoms with Crippen LogP contribution in [0.5, 0.6) is 5.75 Å². The molecule has 3 rings (SSSR count). The maximum absolute atomic E-state index is 8.88. The van der Waals surface area contributed by atoms with Gasteiger partial charge >= 0.3 is 0 Å². The topological polar surface area (TPSA) is 91.9 Å². The van der Waals surface area contributed by atoms with Crippen LogP contribution in [-0.2, 0) is 16.0 Å². The third-order valence-electron chi connectivity index (χ3n) is 3.18. The van der Waals surface area contributed by atoms with E-state index in [-0.39, 0.29) is 0 Å². The van der Waals surface area contributed by atoms with Gasteiger partial charge in [0.1, 0.15) is 5.75 Å². The Morgan fingerprint density at radius 2 is 1.00 bits per heavy atom. The Morgan fingerprint density at radius 3 is 1.27 bits per heavy atom. The SMILES string of the molecule is CCC.CN=C=O.CN=C=O.N#COc1ccccc1.c1ccc(Cc2ccccc2)cc1. The maximum Gasteiger partial charge on any atom is 0.292 e. The molecule has 0 heterocycles. The molecule has 6 nitrogen and oxygen atoms in total. The van der Waals surface area contributed by atoms with Crippen molar-refractivity contribution in [3.05, 3.63) is 102 Å². The summed E-state index contributed by atoms with van der Waals surface area (Å²) in [4.78, 5) is 23.6. The van der Waals surface area contributed by atoms with Gasteiger partial charge < -0.3 is 4.74 Å². The number of isocyanates is 2. The van der Waals surface area contributed by atoms with Gasteiger partial charge in [0, 0.05) is 14.1 Å². The first-order valence-corrected chi connectivity index (χ1v) is 10.2. The largest absolute Gasteiger partial charge is 0.388 e. The zero-order chi connectivity index (χ0) is 25.0. The summed E-state index contributed by atoms with van der Waals surface area (Å²) in [6.07, 6.45) is 6.47. The lowest BCUT2D eigenvalue weighted by Crippen LogP contribution is -1.85. The molecule has 0 aromatic heterocycles. The third kappa shape index (κ3) is 22.2. The van der Waals surface area contributed by atoms with Crippen LogP contribution in [0.25, 0.3) is 0 Å². The van der Waals surface area contributed by atoms with Gasteiger partial charge in [0.15, 0.2) is 0 Å². The Labute approximate surface area is 196 Å². The van der Waals surface area contributed by atoms with Gasteiger partial charge in [-0.3, -0.25) is 0 Å². The highest BCUT2D eigenvalue weighted by atomic mass is 16.5. The Kier molecular flexibility index (Phi) is 24.1. The highest BCUT2D eigenvalue weighted by Crippen LogP contribution is 2.08. The molecule has 0 aliphatic carbocycles. The lowest BCUT2D eigenvalue weighted by Gasteiger charge is -2.00. The Balaban J connectivity index is 0. The number of rotatable bonds is 3. The average Bonchev–Trinajstić information content (AvgIpc) is 2.87. The van der Waals surface area contributed by atoms with Gasteiger partial charge in [-0.25, -0.2) is 19.6 Å². The highest BCUT2D eigenvalue weighted by molar-refractivity contribution is 5.32. The second kappa shape index (κ2) is 25.7. The van der Waals surface area contributed by atoms with Gasteiger partial charge in [-0.05, 0) is 29.7 Å². The summed E-state index contributed by atoms with van der Waals surface area (Å²) in [6, 6.07) is 30.0. The highest BCUT2D eigenvalue weighted by Gasteiger charge is 1.92. The predicted octanol–water partition coefficient (Wildman–Crippen LogP) is 6.14. The van der Waals surface area contributed by atoms with E-state index in [1.54, 1.807) is 18.4 Å². The molecule has 0 amide bonds. The number of hydrogen-bond donors (Lipinski definition) is 0. The summed E-state index contributed by atoms with van der Waals surface area (Å²) in [6.45, 7) is 4.25. The molecule has 0 atom stereocenters. The number of nitriles is 1. The maximum atomic E-state index is 8.88. The molecule has 3 aromatic carbocycles. The minimum absolute atomic E-state index is 0.583. The Bertz CT molecular complexity index is 891. The number of para-hydroxylation sites is 1. The molecule has 33 heavy (non-hydrogen) atoms. The Hall–Kier alpha value is -4.29. The molecule has 0 saturated heterocycles. The second-order valence-corrected chi connectivity index (χ2v) is 5.99. The van der Waals surface area contributed by atoms with E-state index in [0.29, 0.717) is 5.75 Å². The molecule has 0 saturated carbocycles. The molecule has 0 N–H and O–H groups in total. The van der Waals surface area contributed by atoms with E-state index in [0.717, 1.165) is 6.42 Å².